The van der Waals surface area contributed by atoms with Crippen molar-refractivity contribution in [1.29, 1.82) is 0 Å². The molecule has 0 atom stereocenters. The zero-order chi connectivity index (χ0) is 20.9. The lowest BCUT2D eigenvalue weighted by atomic mass is 10.1. The van der Waals surface area contributed by atoms with E-state index >= 15 is 0 Å². The SMILES string of the molecule is COc1ccc(C(=O)Nc2sc(-c3ccc(OC)cc3)nc2-c2ccccc2)cc1. The molecule has 4 aromatic rings. The van der Waals surface area contributed by atoms with Gasteiger partial charge in [0, 0.05) is 16.7 Å². The third-order valence-corrected chi connectivity index (χ3v) is 5.61. The van der Waals surface area contributed by atoms with Gasteiger partial charge >= 0.3 is 0 Å². The van der Waals surface area contributed by atoms with Crippen molar-refractivity contribution in [1.82, 2.24) is 4.98 Å². The highest BCUT2D eigenvalue weighted by Crippen LogP contribution is 2.38. The number of hydrogen-bond acceptors (Lipinski definition) is 5. The second-order valence-corrected chi connectivity index (χ2v) is 7.47. The maximum Gasteiger partial charge on any atom is 0.256 e. The molecule has 0 bridgehead atoms. The van der Waals surface area contributed by atoms with Gasteiger partial charge in [-0.3, -0.25) is 4.79 Å². The monoisotopic (exact) mass is 416 g/mol. The average molecular weight is 417 g/mol. The molecule has 0 saturated carbocycles. The number of nitrogens with one attached hydrogen (secondary N) is 1. The van der Waals surface area contributed by atoms with Crippen LogP contribution in [0.5, 0.6) is 11.5 Å². The second-order valence-electron chi connectivity index (χ2n) is 6.47. The Bertz CT molecular complexity index is 1140. The van der Waals surface area contributed by atoms with Crippen LogP contribution >= 0.6 is 11.3 Å². The van der Waals surface area contributed by atoms with E-state index in [0.29, 0.717) is 16.3 Å². The lowest BCUT2D eigenvalue weighted by Gasteiger charge is -2.06. The highest BCUT2D eigenvalue weighted by molar-refractivity contribution is 7.19. The van der Waals surface area contributed by atoms with Crippen molar-refractivity contribution in [2.24, 2.45) is 0 Å². The fraction of sp³-hybridized carbons (Fsp3) is 0.0833. The Morgan fingerprint density at radius 1 is 0.800 bits per heavy atom. The summed E-state index contributed by atoms with van der Waals surface area (Å²) in [5.74, 6) is 1.29. The number of benzene rings is 3. The number of anilines is 1. The average Bonchev–Trinajstić information content (AvgIpc) is 3.23. The van der Waals surface area contributed by atoms with Crippen LogP contribution in [0.1, 0.15) is 10.4 Å². The molecule has 1 amide bonds. The molecule has 4 rings (SSSR count). The minimum atomic E-state index is -0.195. The first-order valence-electron chi connectivity index (χ1n) is 9.34. The van der Waals surface area contributed by atoms with Crippen molar-refractivity contribution in [3.8, 4) is 33.3 Å². The summed E-state index contributed by atoms with van der Waals surface area (Å²) in [6.07, 6.45) is 0. The summed E-state index contributed by atoms with van der Waals surface area (Å²) in [5, 5.41) is 4.55. The maximum absolute atomic E-state index is 12.8. The molecule has 6 heteroatoms. The maximum atomic E-state index is 12.8. The molecule has 3 aromatic carbocycles. The van der Waals surface area contributed by atoms with E-state index in [1.165, 1.54) is 11.3 Å². The van der Waals surface area contributed by atoms with E-state index < -0.39 is 0 Å². The van der Waals surface area contributed by atoms with Gasteiger partial charge in [-0.15, -0.1) is 0 Å². The predicted octanol–water partition coefficient (Wildman–Crippen LogP) is 5.75. The number of methoxy groups -OCH3 is 2. The van der Waals surface area contributed by atoms with Crippen LogP contribution in [-0.2, 0) is 0 Å². The van der Waals surface area contributed by atoms with Gasteiger partial charge in [0.1, 0.15) is 27.2 Å². The molecular formula is C24H20N2O3S. The van der Waals surface area contributed by atoms with Gasteiger partial charge in [0.15, 0.2) is 0 Å². The number of carbonyl (C=O) groups excluding carboxylic acids is 1. The highest BCUT2D eigenvalue weighted by atomic mass is 32.1. The summed E-state index contributed by atoms with van der Waals surface area (Å²) in [6.45, 7) is 0. The fourth-order valence-corrected chi connectivity index (χ4v) is 3.96. The van der Waals surface area contributed by atoms with Crippen LogP contribution in [-0.4, -0.2) is 25.1 Å². The van der Waals surface area contributed by atoms with E-state index in [0.717, 1.165) is 27.6 Å². The minimum Gasteiger partial charge on any atom is -0.497 e. The molecule has 0 aliphatic rings. The Morgan fingerprint density at radius 3 is 2.00 bits per heavy atom. The Kier molecular flexibility index (Phi) is 5.77. The molecule has 1 heterocycles. The number of amides is 1. The molecule has 30 heavy (non-hydrogen) atoms. The molecule has 5 nitrogen and oxygen atoms in total. The summed E-state index contributed by atoms with van der Waals surface area (Å²) < 4.78 is 10.4. The predicted molar refractivity (Wildman–Crippen MR) is 120 cm³/mol. The number of carbonyl (C=O) groups is 1. The van der Waals surface area contributed by atoms with E-state index in [1.807, 2.05) is 54.6 Å². The van der Waals surface area contributed by atoms with Crippen molar-refractivity contribution in [3.63, 3.8) is 0 Å². The summed E-state index contributed by atoms with van der Waals surface area (Å²) in [4.78, 5) is 17.7. The van der Waals surface area contributed by atoms with E-state index in [1.54, 1.807) is 38.5 Å². The van der Waals surface area contributed by atoms with Crippen LogP contribution in [0.3, 0.4) is 0 Å². The number of hydrogen-bond donors (Lipinski definition) is 1. The summed E-state index contributed by atoms with van der Waals surface area (Å²) in [5.41, 5.74) is 3.20. The van der Waals surface area contributed by atoms with Crippen LogP contribution in [0.4, 0.5) is 5.00 Å². The van der Waals surface area contributed by atoms with Crippen molar-refractivity contribution in [2.75, 3.05) is 19.5 Å². The molecule has 0 fully saturated rings. The largest absolute Gasteiger partial charge is 0.497 e. The van der Waals surface area contributed by atoms with Crippen LogP contribution in [0, 0.1) is 0 Å². The van der Waals surface area contributed by atoms with Gasteiger partial charge in [-0.05, 0) is 48.5 Å². The number of thiazole rings is 1. The molecule has 0 radical (unpaired) electrons. The number of nitrogens with zero attached hydrogens (tertiary/aromatic N) is 1. The van der Waals surface area contributed by atoms with Gasteiger partial charge in [-0.2, -0.15) is 0 Å². The first kappa shape index (κ1) is 19.7. The van der Waals surface area contributed by atoms with Crippen molar-refractivity contribution >= 4 is 22.2 Å². The third kappa shape index (κ3) is 4.18. The molecule has 150 valence electrons. The van der Waals surface area contributed by atoms with Crippen LogP contribution in [0.2, 0.25) is 0 Å². The fourth-order valence-electron chi connectivity index (χ4n) is 2.97. The van der Waals surface area contributed by atoms with E-state index in [4.69, 9.17) is 14.5 Å². The standard InChI is InChI=1S/C24H20N2O3S/c1-28-19-12-8-17(9-13-19)22(27)26-24-21(16-6-4-3-5-7-16)25-23(30-24)18-10-14-20(29-2)15-11-18/h3-15H,1-2H3,(H,26,27). The van der Waals surface area contributed by atoms with Gasteiger partial charge in [-0.25, -0.2) is 4.98 Å². The molecule has 0 aliphatic carbocycles. The second kappa shape index (κ2) is 8.80. The smallest absolute Gasteiger partial charge is 0.256 e. The molecule has 1 aromatic heterocycles. The molecular weight excluding hydrogens is 396 g/mol. The van der Waals surface area contributed by atoms with Crippen LogP contribution in [0.25, 0.3) is 21.8 Å². The van der Waals surface area contributed by atoms with Crippen LogP contribution in [0.15, 0.2) is 78.9 Å². The molecule has 0 aliphatic heterocycles. The van der Waals surface area contributed by atoms with Gasteiger partial charge in [-0.1, -0.05) is 41.7 Å². The Morgan fingerprint density at radius 2 is 1.40 bits per heavy atom. The zero-order valence-electron chi connectivity index (χ0n) is 16.6. The first-order valence-corrected chi connectivity index (χ1v) is 10.2. The number of rotatable bonds is 6. The van der Waals surface area contributed by atoms with E-state index in [-0.39, 0.29) is 5.91 Å². The Balaban J connectivity index is 1.69. The zero-order valence-corrected chi connectivity index (χ0v) is 17.4. The topological polar surface area (TPSA) is 60.5 Å². The summed E-state index contributed by atoms with van der Waals surface area (Å²) in [6, 6.07) is 24.6. The first-order chi connectivity index (χ1) is 14.7. The Labute approximate surface area is 178 Å². The summed E-state index contributed by atoms with van der Waals surface area (Å²) >= 11 is 1.44. The van der Waals surface area contributed by atoms with Gasteiger partial charge in [0.2, 0.25) is 0 Å². The van der Waals surface area contributed by atoms with E-state index in [9.17, 15) is 4.79 Å². The minimum absolute atomic E-state index is 0.195. The highest BCUT2D eigenvalue weighted by Gasteiger charge is 2.17. The van der Waals surface area contributed by atoms with Gasteiger partial charge in [0.05, 0.1) is 14.2 Å². The van der Waals surface area contributed by atoms with Crippen molar-refractivity contribution in [3.05, 3.63) is 84.4 Å². The normalized spacial score (nSPS) is 10.5. The van der Waals surface area contributed by atoms with E-state index in [2.05, 4.69) is 5.32 Å². The molecule has 0 unspecified atom stereocenters. The molecule has 0 spiro atoms. The van der Waals surface area contributed by atoms with Crippen LogP contribution < -0.4 is 14.8 Å². The van der Waals surface area contributed by atoms with Crippen molar-refractivity contribution < 1.29 is 14.3 Å². The van der Waals surface area contributed by atoms with Gasteiger partial charge < -0.3 is 14.8 Å². The third-order valence-electron chi connectivity index (χ3n) is 4.59. The number of aromatic nitrogens is 1. The van der Waals surface area contributed by atoms with Crippen molar-refractivity contribution in [2.45, 2.75) is 0 Å². The summed E-state index contributed by atoms with van der Waals surface area (Å²) in [7, 11) is 3.23. The molecule has 0 saturated heterocycles. The lowest BCUT2D eigenvalue weighted by Crippen LogP contribution is -2.11. The van der Waals surface area contributed by atoms with Gasteiger partial charge in [0.25, 0.3) is 5.91 Å². The quantitative estimate of drug-likeness (QED) is 0.435. The number of ether oxygens (including phenoxy) is 2. The lowest BCUT2D eigenvalue weighted by molar-refractivity contribution is 0.102. The molecule has 1 N–H and O–H groups in total. The Hall–Kier alpha value is -3.64.